The number of rotatable bonds is 7. The Morgan fingerprint density at radius 1 is 0.923 bits per heavy atom. The second kappa shape index (κ2) is 11.7. The number of ether oxygens (including phenoxy) is 1. The van der Waals surface area contributed by atoms with Crippen LogP contribution in [0.15, 0.2) is 78.9 Å². The zero-order chi connectivity index (χ0) is 27.4. The molecule has 7 heteroatoms. The molecule has 7 nitrogen and oxygen atoms in total. The van der Waals surface area contributed by atoms with Gasteiger partial charge < -0.3 is 15.0 Å². The summed E-state index contributed by atoms with van der Waals surface area (Å²) in [4.78, 5) is 43.3. The predicted octanol–water partition coefficient (Wildman–Crippen LogP) is 5.50. The summed E-state index contributed by atoms with van der Waals surface area (Å²) < 4.78 is 5.88. The van der Waals surface area contributed by atoms with Crippen molar-refractivity contribution in [2.24, 2.45) is 5.92 Å². The van der Waals surface area contributed by atoms with Gasteiger partial charge in [-0.05, 0) is 54.5 Å². The first kappa shape index (κ1) is 26.5. The Hall–Kier alpha value is -4.13. The van der Waals surface area contributed by atoms with Gasteiger partial charge in [-0.3, -0.25) is 14.5 Å². The van der Waals surface area contributed by atoms with E-state index in [0.717, 1.165) is 29.5 Å². The van der Waals surface area contributed by atoms with Crippen LogP contribution in [0.25, 0.3) is 0 Å². The summed E-state index contributed by atoms with van der Waals surface area (Å²) in [5, 5.41) is 2.95. The maximum absolute atomic E-state index is 13.9. The highest BCUT2D eigenvalue weighted by atomic mass is 16.6. The van der Waals surface area contributed by atoms with E-state index < -0.39 is 18.2 Å². The Morgan fingerprint density at radius 3 is 2.36 bits per heavy atom. The van der Waals surface area contributed by atoms with Crippen LogP contribution in [-0.2, 0) is 27.3 Å². The van der Waals surface area contributed by atoms with Gasteiger partial charge in [0.25, 0.3) is 0 Å². The third-order valence-electron chi connectivity index (χ3n) is 7.61. The largest absolute Gasteiger partial charge is 0.438 e. The Labute approximate surface area is 229 Å². The third kappa shape index (κ3) is 6.30. The molecule has 0 saturated carbocycles. The molecule has 5 rings (SSSR count). The van der Waals surface area contributed by atoms with Crippen molar-refractivity contribution >= 4 is 23.6 Å². The molecular weight excluding hydrogens is 490 g/mol. The molecule has 39 heavy (non-hydrogen) atoms. The number of hydrogen-bond donors (Lipinski definition) is 1. The molecule has 2 saturated heterocycles. The molecule has 0 aliphatic carbocycles. The number of anilines is 1. The van der Waals surface area contributed by atoms with Crippen molar-refractivity contribution in [1.82, 2.24) is 9.80 Å². The zero-order valence-electron chi connectivity index (χ0n) is 22.5. The Bertz CT molecular complexity index is 1320. The van der Waals surface area contributed by atoms with Gasteiger partial charge in [0.05, 0.1) is 13.0 Å². The first-order valence-electron chi connectivity index (χ1n) is 13.6. The molecule has 1 N–H and O–H groups in total. The Balaban J connectivity index is 1.39. The van der Waals surface area contributed by atoms with Crippen LogP contribution in [0.4, 0.5) is 10.5 Å². The van der Waals surface area contributed by atoms with Crippen LogP contribution in [0.5, 0.6) is 0 Å². The number of likely N-dealkylation sites (tertiary alicyclic amines) is 1. The fraction of sp³-hybridized carbons (Fsp3) is 0.344. The molecule has 0 radical (unpaired) electrons. The van der Waals surface area contributed by atoms with Gasteiger partial charge in [-0.2, -0.15) is 0 Å². The molecule has 2 unspecified atom stereocenters. The summed E-state index contributed by atoms with van der Waals surface area (Å²) in [5.74, 6) is 0.340. The van der Waals surface area contributed by atoms with Gasteiger partial charge in [-0.25, -0.2) is 4.79 Å². The van der Waals surface area contributed by atoms with Crippen molar-refractivity contribution < 1.29 is 19.1 Å². The van der Waals surface area contributed by atoms with E-state index in [4.69, 9.17) is 4.74 Å². The van der Waals surface area contributed by atoms with Crippen LogP contribution in [0.3, 0.4) is 0 Å². The fourth-order valence-electron chi connectivity index (χ4n) is 5.28. The SMILES string of the molecule is Cc1ccc(CN2C(=O)OC(c3cccc(NC(=O)Cc4ccccc4)c3)C2C(=O)N2CCC(C)CC2)cc1. The number of hydrogen-bond acceptors (Lipinski definition) is 4. The normalized spacial score (nSPS) is 19.6. The van der Waals surface area contributed by atoms with E-state index in [1.165, 1.54) is 0 Å². The maximum Gasteiger partial charge on any atom is 0.411 e. The number of nitrogens with one attached hydrogen (secondary N) is 1. The molecule has 0 aromatic heterocycles. The van der Waals surface area contributed by atoms with E-state index in [9.17, 15) is 14.4 Å². The number of piperidine rings is 1. The molecule has 2 aliphatic heterocycles. The molecule has 2 aliphatic rings. The lowest BCUT2D eigenvalue weighted by Crippen LogP contribution is -2.50. The van der Waals surface area contributed by atoms with E-state index in [1.807, 2.05) is 78.6 Å². The summed E-state index contributed by atoms with van der Waals surface area (Å²) in [6.45, 7) is 5.84. The molecule has 2 fully saturated rings. The summed E-state index contributed by atoms with van der Waals surface area (Å²) in [6.07, 6.45) is 0.850. The number of carbonyl (C=O) groups excluding carboxylic acids is 3. The highest BCUT2D eigenvalue weighted by Gasteiger charge is 2.48. The van der Waals surface area contributed by atoms with Crippen LogP contribution in [0.1, 0.15) is 48.1 Å². The molecule has 3 amide bonds. The number of amides is 3. The van der Waals surface area contributed by atoms with Crippen molar-refractivity contribution in [3.05, 3.63) is 101 Å². The topological polar surface area (TPSA) is 79.0 Å². The van der Waals surface area contributed by atoms with Crippen LogP contribution < -0.4 is 5.32 Å². The molecule has 3 aromatic rings. The maximum atomic E-state index is 13.9. The summed E-state index contributed by atoms with van der Waals surface area (Å²) in [7, 11) is 0. The Morgan fingerprint density at radius 2 is 1.64 bits per heavy atom. The molecule has 3 aromatic carbocycles. The molecular formula is C32H35N3O4. The highest BCUT2D eigenvalue weighted by Crippen LogP contribution is 2.36. The van der Waals surface area contributed by atoms with Gasteiger partial charge in [-0.1, -0.05) is 79.2 Å². The van der Waals surface area contributed by atoms with Crippen molar-refractivity contribution in [2.45, 2.75) is 51.8 Å². The predicted molar refractivity (Wildman–Crippen MR) is 150 cm³/mol. The van der Waals surface area contributed by atoms with Crippen molar-refractivity contribution in [1.29, 1.82) is 0 Å². The van der Waals surface area contributed by atoms with Gasteiger partial charge in [-0.15, -0.1) is 0 Å². The summed E-state index contributed by atoms with van der Waals surface area (Å²) >= 11 is 0. The zero-order valence-corrected chi connectivity index (χ0v) is 22.5. The standard InChI is InChI=1S/C32H35N3O4/c1-22-11-13-25(14-12-22)21-35-29(31(37)34-17-15-23(2)16-18-34)30(39-32(35)38)26-9-6-10-27(20-26)33-28(36)19-24-7-4-3-5-8-24/h3-14,20,23,29-30H,15-19,21H2,1-2H3,(H,33,36). The second-order valence-electron chi connectivity index (χ2n) is 10.7. The highest BCUT2D eigenvalue weighted by molar-refractivity contribution is 5.92. The van der Waals surface area contributed by atoms with Crippen LogP contribution in [-0.4, -0.2) is 46.8 Å². The van der Waals surface area contributed by atoms with E-state index in [0.29, 0.717) is 30.3 Å². The van der Waals surface area contributed by atoms with Gasteiger partial charge in [0, 0.05) is 18.8 Å². The number of nitrogens with zero attached hydrogens (tertiary/aromatic N) is 2. The van der Waals surface area contributed by atoms with Crippen molar-refractivity contribution in [3.8, 4) is 0 Å². The third-order valence-corrected chi connectivity index (χ3v) is 7.61. The number of cyclic esters (lactones) is 1. The lowest BCUT2D eigenvalue weighted by atomic mass is 9.96. The van der Waals surface area contributed by atoms with Gasteiger partial charge in [0.2, 0.25) is 11.8 Å². The van der Waals surface area contributed by atoms with E-state index in [-0.39, 0.29) is 24.8 Å². The van der Waals surface area contributed by atoms with E-state index in [1.54, 1.807) is 17.0 Å². The smallest absolute Gasteiger partial charge is 0.411 e. The van der Waals surface area contributed by atoms with E-state index >= 15 is 0 Å². The number of carbonyl (C=O) groups is 3. The van der Waals surface area contributed by atoms with Crippen molar-refractivity contribution in [2.75, 3.05) is 18.4 Å². The molecule has 2 atom stereocenters. The van der Waals surface area contributed by atoms with Gasteiger partial charge in [0.15, 0.2) is 12.1 Å². The van der Waals surface area contributed by atoms with E-state index in [2.05, 4.69) is 12.2 Å². The summed E-state index contributed by atoms with van der Waals surface area (Å²) in [5.41, 5.74) is 4.26. The molecule has 202 valence electrons. The van der Waals surface area contributed by atoms with Crippen molar-refractivity contribution in [3.63, 3.8) is 0 Å². The monoisotopic (exact) mass is 525 g/mol. The minimum absolute atomic E-state index is 0.0941. The van der Waals surface area contributed by atoms with Crippen LogP contribution in [0, 0.1) is 12.8 Å². The van der Waals surface area contributed by atoms with Gasteiger partial charge in [0.1, 0.15) is 0 Å². The minimum atomic E-state index is -0.789. The van der Waals surface area contributed by atoms with Crippen LogP contribution in [0.2, 0.25) is 0 Å². The number of aryl methyl sites for hydroxylation is 1. The second-order valence-corrected chi connectivity index (χ2v) is 10.7. The lowest BCUT2D eigenvalue weighted by Gasteiger charge is -2.34. The van der Waals surface area contributed by atoms with Crippen LogP contribution >= 0.6 is 0 Å². The average Bonchev–Trinajstić information content (AvgIpc) is 3.26. The fourth-order valence-corrected chi connectivity index (χ4v) is 5.28. The first-order valence-corrected chi connectivity index (χ1v) is 13.6. The molecule has 0 spiro atoms. The summed E-state index contributed by atoms with van der Waals surface area (Å²) in [6, 6.07) is 24.0. The molecule has 0 bridgehead atoms. The molecule has 2 heterocycles. The quantitative estimate of drug-likeness (QED) is 0.442. The first-order chi connectivity index (χ1) is 18.9. The lowest BCUT2D eigenvalue weighted by molar-refractivity contribution is -0.138. The average molecular weight is 526 g/mol. The Kier molecular flexibility index (Phi) is 7.96. The number of benzene rings is 3. The van der Waals surface area contributed by atoms with Gasteiger partial charge >= 0.3 is 6.09 Å². The minimum Gasteiger partial charge on any atom is -0.438 e.